The Kier molecular flexibility index (Phi) is 8.92. The molecule has 0 saturated carbocycles. The molecular weight excluding hydrogens is 619 g/mol. The average molecular weight is 642 g/mol. The Hall–Kier alpha value is -3.07. The van der Waals surface area contributed by atoms with E-state index < -0.39 is 15.9 Å². The van der Waals surface area contributed by atoms with Gasteiger partial charge in [0, 0.05) is 5.56 Å². The Morgan fingerprint density at radius 2 is 1.61 bits per heavy atom. The zero-order valence-electron chi connectivity index (χ0n) is 21.6. The third-order valence-electron chi connectivity index (χ3n) is 6.52. The highest BCUT2D eigenvalue weighted by Crippen LogP contribution is 2.38. The number of halogens is 3. The number of hydrogen-bond donors (Lipinski definition) is 1. The van der Waals surface area contributed by atoms with E-state index in [9.17, 15) is 9.59 Å². The lowest BCUT2D eigenvalue weighted by atomic mass is 10.0. The molecule has 5 rings (SSSR count). The van der Waals surface area contributed by atoms with Gasteiger partial charge in [0.1, 0.15) is 10.1 Å². The van der Waals surface area contributed by atoms with Gasteiger partial charge in [-0.3, -0.25) is 14.5 Å². The number of thiocarbonyl (C=S) groups is 1. The van der Waals surface area contributed by atoms with Gasteiger partial charge in [-0.05, 0) is 53.1 Å². The van der Waals surface area contributed by atoms with E-state index in [1.54, 1.807) is 47.4 Å². The Labute approximate surface area is 262 Å². The highest BCUT2D eigenvalue weighted by Gasteiger charge is 2.37. The Morgan fingerprint density at radius 1 is 0.951 bits per heavy atom. The molecule has 4 aromatic carbocycles. The van der Waals surface area contributed by atoms with Crippen molar-refractivity contribution in [1.82, 2.24) is 10.2 Å². The van der Waals surface area contributed by atoms with Crippen molar-refractivity contribution < 1.29 is 14.3 Å². The molecule has 1 heterocycles. The van der Waals surface area contributed by atoms with E-state index in [2.05, 4.69) is 5.32 Å². The normalized spacial score (nSPS) is 16.2. The third kappa shape index (κ3) is 6.71. The van der Waals surface area contributed by atoms with Gasteiger partial charge in [-0.15, -0.1) is 0 Å². The van der Waals surface area contributed by atoms with Gasteiger partial charge in [-0.25, -0.2) is 0 Å². The van der Waals surface area contributed by atoms with Crippen LogP contribution in [0.25, 0.3) is 16.8 Å². The minimum absolute atomic E-state index is 0.149. The van der Waals surface area contributed by atoms with Gasteiger partial charge in [0.2, 0.25) is 10.0 Å². The molecule has 0 aliphatic carbocycles. The summed E-state index contributed by atoms with van der Waals surface area (Å²) in [5, 5.41) is 4.37. The zero-order chi connectivity index (χ0) is 29.1. The molecule has 0 radical (unpaired) electrons. The number of alkyl halides is 3. The molecule has 208 valence electrons. The molecule has 0 bridgehead atoms. The maximum absolute atomic E-state index is 13.2. The van der Waals surface area contributed by atoms with Gasteiger partial charge in [0.25, 0.3) is 11.8 Å². The smallest absolute Gasteiger partial charge is 0.266 e. The summed E-state index contributed by atoms with van der Waals surface area (Å²) in [7, 11) is 0. The fourth-order valence-corrected chi connectivity index (χ4v) is 6.14. The molecule has 4 aromatic rings. The number of ether oxygens (including phenoxy) is 1. The molecular formula is C31H23Cl3N2O3S2. The van der Waals surface area contributed by atoms with Crippen molar-refractivity contribution >= 4 is 91.8 Å². The number of carbonyl (C=O) groups is 2. The molecule has 10 heteroatoms. The first-order valence-electron chi connectivity index (χ1n) is 12.6. The van der Waals surface area contributed by atoms with Gasteiger partial charge in [-0.1, -0.05) is 138 Å². The third-order valence-corrected chi connectivity index (χ3v) is 8.44. The van der Waals surface area contributed by atoms with Crippen molar-refractivity contribution in [1.29, 1.82) is 0 Å². The van der Waals surface area contributed by atoms with Crippen LogP contribution in [0.15, 0.2) is 102 Å². The van der Waals surface area contributed by atoms with Crippen molar-refractivity contribution in [3.05, 3.63) is 119 Å². The first kappa shape index (κ1) is 29.4. The maximum atomic E-state index is 13.2. The van der Waals surface area contributed by atoms with Crippen LogP contribution in [0.5, 0.6) is 5.75 Å². The molecule has 41 heavy (non-hydrogen) atoms. The van der Waals surface area contributed by atoms with E-state index in [0.717, 1.165) is 21.9 Å². The average Bonchev–Trinajstić information content (AvgIpc) is 3.24. The quantitative estimate of drug-likeness (QED) is 0.0952. The molecule has 1 aliphatic heterocycles. The summed E-state index contributed by atoms with van der Waals surface area (Å²) in [5.41, 5.74) is 2.19. The van der Waals surface area contributed by atoms with Gasteiger partial charge >= 0.3 is 0 Å². The largest absolute Gasteiger partial charge is 0.466 e. The highest BCUT2D eigenvalue weighted by atomic mass is 35.6. The summed E-state index contributed by atoms with van der Waals surface area (Å²) >= 11 is 25.3. The topological polar surface area (TPSA) is 58.6 Å². The van der Waals surface area contributed by atoms with Crippen LogP contribution in [0.2, 0.25) is 0 Å². The fraction of sp³-hybridized carbons (Fsp3) is 0.129. The van der Waals surface area contributed by atoms with Crippen LogP contribution in [0.1, 0.15) is 34.5 Å². The van der Waals surface area contributed by atoms with Crippen LogP contribution < -0.4 is 10.1 Å². The lowest BCUT2D eigenvalue weighted by molar-refractivity contribution is -0.123. The number of benzene rings is 4. The molecule has 0 aromatic heterocycles. The van der Waals surface area contributed by atoms with Gasteiger partial charge in [-0.2, -0.15) is 0 Å². The predicted octanol–water partition coefficient (Wildman–Crippen LogP) is 8.31. The standard InChI is InChI=1S/C31H23Cl3N2O3S2/c1-19(21-8-3-2-4-9-21)36-28(38)26(41-30(36)40)18-20-14-16-23(17-15-20)39-29(31(32,33)34)35-27(37)25-13-7-11-22-10-5-6-12-24(22)25/h2-19,29H,1H3,(H,35,37)/b26-18-/t19-,29+/m1/s1. The van der Waals surface area contributed by atoms with E-state index in [4.69, 9.17) is 51.8 Å². The number of nitrogens with zero attached hydrogens (tertiary/aromatic N) is 1. The Bertz CT molecular complexity index is 1640. The van der Waals surface area contributed by atoms with E-state index in [1.807, 2.05) is 67.6 Å². The molecule has 1 aliphatic rings. The first-order chi connectivity index (χ1) is 19.6. The molecule has 5 nitrogen and oxygen atoms in total. The van der Waals surface area contributed by atoms with Crippen molar-refractivity contribution in [2.45, 2.75) is 23.0 Å². The molecule has 1 saturated heterocycles. The Morgan fingerprint density at radius 3 is 2.32 bits per heavy atom. The van der Waals surface area contributed by atoms with E-state index in [1.165, 1.54) is 11.8 Å². The number of thioether (sulfide) groups is 1. The number of carbonyl (C=O) groups excluding carboxylic acids is 2. The van der Waals surface area contributed by atoms with E-state index in [0.29, 0.717) is 20.5 Å². The summed E-state index contributed by atoms with van der Waals surface area (Å²) < 4.78 is 4.44. The maximum Gasteiger partial charge on any atom is 0.266 e. The number of nitrogens with one attached hydrogen (secondary N) is 1. The first-order valence-corrected chi connectivity index (χ1v) is 14.9. The lowest BCUT2D eigenvalue weighted by Crippen LogP contribution is -2.47. The summed E-state index contributed by atoms with van der Waals surface area (Å²) in [4.78, 5) is 28.5. The minimum atomic E-state index is -1.96. The van der Waals surface area contributed by atoms with E-state index in [-0.39, 0.29) is 11.9 Å². The summed E-state index contributed by atoms with van der Waals surface area (Å²) in [6.45, 7) is 1.95. The van der Waals surface area contributed by atoms with Crippen molar-refractivity contribution in [3.63, 3.8) is 0 Å². The number of hydrogen-bond acceptors (Lipinski definition) is 5. The second-order valence-corrected chi connectivity index (χ2v) is 13.3. The van der Waals surface area contributed by atoms with Gasteiger partial charge in [0.15, 0.2) is 0 Å². The van der Waals surface area contributed by atoms with Crippen molar-refractivity contribution in [2.24, 2.45) is 0 Å². The van der Waals surface area contributed by atoms with Crippen LogP contribution in [-0.2, 0) is 4.79 Å². The predicted molar refractivity (Wildman–Crippen MR) is 172 cm³/mol. The lowest BCUT2D eigenvalue weighted by Gasteiger charge is -2.26. The molecule has 2 amide bonds. The Balaban J connectivity index is 1.30. The van der Waals surface area contributed by atoms with E-state index >= 15 is 0 Å². The van der Waals surface area contributed by atoms with Crippen LogP contribution in [0, 0.1) is 0 Å². The van der Waals surface area contributed by atoms with Crippen LogP contribution >= 0.6 is 58.8 Å². The molecule has 1 fully saturated rings. The summed E-state index contributed by atoms with van der Waals surface area (Å²) in [6.07, 6.45) is 0.496. The second-order valence-electron chi connectivity index (χ2n) is 9.25. The monoisotopic (exact) mass is 640 g/mol. The van der Waals surface area contributed by atoms with Crippen LogP contribution in [0.3, 0.4) is 0 Å². The zero-order valence-corrected chi connectivity index (χ0v) is 25.5. The molecule has 2 atom stereocenters. The van der Waals surface area contributed by atoms with Crippen molar-refractivity contribution in [3.8, 4) is 5.75 Å². The molecule has 0 spiro atoms. The SMILES string of the molecule is C[C@H](c1ccccc1)N1C(=O)/C(=C/c2ccc(O[C@H](NC(=O)c3cccc4ccccc34)C(Cl)(Cl)Cl)cc2)SC1=S. The van der Waals surface area contributed by atoms with Crippen LogP contribution in [-0.4, -0.2) is 31.1 Å². The number of rotatable bonds is 7. The number of fused-ring (bicyclic) bond motifs is 1. The van der Waals surface area contributed by atoms with Crippen molar-refractivity contribution in [2.75, 3.05) is 0 Å². The van der Waals surface area contributed by atoms with Gasteiger partial charge < -0.3 is 10.1 Å². The highest BCUT2D eigenvalue weighted by molar-refractivity contribution is 8.26. The summed E-state index contributed by atoms with van der Waals surface area (Å²) in [6, 6.07) is 29.4. The molecule has 0 unspecified atom stereocenters. The molecule has 1 N–H and O–H groups in total. The van der Waals surface area contributed by atoms with Gasteiger partial charge in [0.05, 0.1) is 10.9 Å². The minimum Gasteiger partial charge on any atom is -0.466 e. The fourth-order valence-electron chi connectivity index (χ4n) is 4.42. The second kappa shape index (κ2) is 12.4. The number of amides is 2. The van der Waals surface area contributed by atoms with Crippen LogP contribution in [0.4, 0.5) is 0 Å². The summed E-state index contributed by atoms with van der Waals surface area (Å²) in [5.74, 6) is -0.229.